The predicted molar refractivity (Wildman–Crippen MR) is 83.7 cm³/mol. The zero-order valence-electron chi connectivity index (χ0n) is 12.4. The molecule has 0 aliphatic heterocycles. The molecule has 0 amide bonds. The third kappa shape index (κ3) is 3.26. The van der Waals surface area contributed by atoms with Crippen LogP contribution in [0.1, 0.15) is 37.6 Å². The van der Waals surface area contributed by atoms with Crippen LogP contribution >= 0.6 is 0 Å². The van der Waals surface area contributed by atoms with Crippen molar-refractivity contribution in [2.24, 2.45) is 0 Å². The van der Waals surface area contributed by atoms with Crippen molar-refractivity contribution in [2.45, 2.75) is 32.7 Å². The quantitative estimate of drug-likeness (QED) is 0.848. The number of nitrogens with two attached hydrogens (primary N) is 1. The van der Waals surface area contributed by atoms with Crippen LogP contribution in [0, 0.1) is 0 Å². The molecular weight excluding hydrogens is 248 g/mol. The number of anilines is 2. The topological polar surface area (TPSA) is 55.0 Å². The first-order chi connectivity index (χ1) is 9.61. The molecule has 0 fully saturated rings. The number of nitrogen functional groups attached to an aromatic ring is 1. The number of aromatic nitrogens is 2. The molecule has 0 bridgehead atoms. The van der Waals surface area contributed by atoms with E-state index in [4.69, 9.17) is 5.73 Å². The van der Waals surface area contributed by atoms with Gasteiger partial charge >= 0.3 is 0 Å². The Bertz CT molecular complexity index is 568. The highest BCUT2D eigenvalue weighted by Crippen LogP contribution is 2.25. The Hall–Kier alpha value is -2.10. The maximum atomic E-state index is 5.85. The largest absolute Gasteiger partial charge is 0.399 e. The molecule has 4 heteroatoms. The highest BCUT2D eigenvalue weighted by atomic mass is 15.2. The van der Waals surface area contributed by atoms with Crippen LogP contribution in [0.3, 0.4) is 0 Å². The summed E-state index contributed by atoms with van der Waals surface area (Å²) in [5.74, 6) is 0.943. The first kappa shape index (κ1) is 14.3. The molecule has 1 aromatic carbocycles. The van der Waals surface area contributed by atoms with Crippen molar-refractivity contribution in [3.63, 3.8) is 0 Å². The van der Waals surface area contributed by atoms with Crippen molar-refractivity contribution in [1.29, 1.82) is 0 Å². The Morgan fingerprint density at radius 2 is 2.05 bits per heavy atom. The van der Waals surface area contributed by atoms with Crippen LogP contribution < -0.4 is 10.6 Å². The van der Waals surface area contributed by atoms with Gasteiger partial charge in [-0.15, -0.1) is 0 Å². The van der Waals surface area contributed by atoms with E-state index in [0.717, 1.165) is 30.0 Å². The van der Waals surface area contributed by atoms with Crippen molar-refractivity contribution in [3.8, 4) is 0 Å². The van der Waals surface area contributed by atoms with Crippen molar-refractivity contribution in [1.82, 2.24) is 9.97 Å². The highest BCUT2D eigenvalue weighted by molar-refractivity contribution is 5.46. The van der Waals surface area contributed by atoms with Gasteiger partial charge in [-0.25, -0.2) is 9.97 Å². The van der Waals surface area contributed by atoms with Gasteiger partial charge in [0.15, 0.2) is 0 Å². The lowest BCUT2D eigenvalue weighted by atomic mass is 10.1. The summed E-state index contributed by atoms with van der Waals surface area (Å²) >= 11 is 0. The molecule has 20 heavy (non-hydrogen) atoms. The van der Waals surface area contributed by atoms with E-state index in [9.17, 15) is 0 Å². The van der Waals surface area contributed by atoms with Crippen molar-refractivity contribution >= 4 is 11.5 Å². The average Bonchev–Trinajstić information content (AvgIpc) is 2.46. The van der Waals surface area contributed by atoms with E-state index < -0.39 is 0 Å². The van der Waals surface area contributed by atoms with Gasteiger partial charge in [-0.1, -0.05) is 25.5 Å². The van der Waals surface area contributed by atoms with Crippen molar-refractivity contribution < 1.29 is 0 Å². The molecule has 1 unspecified atom stereocenters. The van der Waals surface area contributed by atoms with Gasteiger partial charge in [0, 0.05) is 24.5 Å². The number of nitrogens with zero attached hydrogens (tertiary/aromatic N) is 3. The van der Waals surface area contributed by atoms with Crippen LogP contribution in [-0.2, 0) is 6.42 Å². The summed E-state index contributed by atoms with van der Waals surface area (Å²) < 4.78 is 0. The van der Waals surface area contributed by atoms with Gasteiger partial charge in [0.25, 0.3) is 0 Å². The predicted octanol–water partition coefficient (Wildman–Crippen LogP) is 3.21. The molecule has 2 N–H and O–H groups in total. The van der Waals surface area contributed by atoms with Gasteiger partial charge in [-0.3, -0.25) is 0 Å². The third-order valence-corrected chi connectivity index (χ3v) is 3.55. The number of hydrogen-bond acceptors (Lipinski definition) is 4. The van der Waals surface area contributed by atoms with Gasteiger partial charge < -0.3 is 10.6 Å². The number of rotatable bonds is 5. The van der Waals surface area contributed by atoms with Gasteiger partial charge in [0.05, 0.1) is 6.04 Å². The molecule has 106 valence electrons. The molecule has 0 saturated carbocycles. The molecule has 0 aliphatic rings. The van der Waals surface area contributed by atoms with Gasteiger partial charge in [0.1, 0.15) is 12.1 Å². The summed E-state index contributed by atoms with van der Waals surface area (Å²) in [7, 11) is 2.05. The molecule has 2 aromatic rings. The molecule has 4 nitrogen and oxygen atoms in total. The summed E-state index contributed by atoms with van der Waals surface area (Å²) in [4.78, 5) is 10.8. The van der Waals surface area contributed by atoms with Gasteiger partial charge in [0.2, 0.25) is 0 Å². The summed E-state index contributed by atoms with van der Waals surface area (Å²) in [6.07, 6.45) is 3.71. The second kappa shape index (κ2) is 6.37. The minimum absolute atomic E-state index is 0.211. The Balaban J connectivity index is 2.21. The summed E-state index contributed by atoms with van der Waals surface area (Å²) in [5.41, 5.74) is 8.91. The van der Waals surface area contributed by atoms with Crippen LogP contribution in [0.25, 0.3) is 0 Å². The van der Waals surface area contributed by atoms with Crippen LogP contribution in [0.4, 0.5) is 11.5 Å². The summed E-state index contributed by atoms with van der Waals surface area (Å²) in [6.45, 7) is 4.30. The Morgan fingerprint density at radius 3 is 2.75 bits per heavy atom. The normalized spacial score (nSPS) is 12.2. The standard InChI is InChI=1S/C16H22N4/c1-4-6-15-10-16(19-11-18-15)20(3)12(2)13-7-5-8-14(17)9-13/h5,7-12H,4,6,17H2,1-3H3. The first-order valence-corrected chi connectivity index (χ1v) is 7.01. The lowest BCUT2D eigenvalue weighted by Crippen LogP contribution is -2.23. The van der Waals surface area contributed by atoms with E-state index in [-0.39, 0.29) is 6.04 Å². The molecule has 2 rings (SSSR count). The molecule has 1 atom stereocenters. The van der Waals surface area contributed by atoms with Crippen LogP contribution in [0.2, 0.25) is 0 Å². The van der Waals surface area contributed by atoms with E-state index >= 15 is 0 Å². The first-order valence-electron chi connectivity index (χ1n) is 7.01. The fraction of sp³-hybridized carbons (Fsp3) is 0.375. The van der Waals surface area contributed by atoms with E-state index in [1.165, 1.54) is 5.56 Å². The zero-order chi connectivity index (χ0) is 14.5. The number of benzene rings is 1. The molecule has 0 radical (unpaired) electrons. The monoisotopic (exact) mass is 270 g/mol. The van der Waals surface area contributed by atoms with Gasteiger partial charge in [-0.2, -0.15) is 0 Å². The summed E-state index contributed by atoms with van der Waals surface area (Å²) in [6, 6.07) is 10.3. The van der Waals surface area contributed by atoms with Crippen molar-refractivity contribution in [3.05, 3.63) is 47.9 Å². The average molecular weight is 270 g/mol. The van der Waals surface area contributed by atoms with E-state index in [1.807, 2.05) is 25.2 Å². The third-order valence-electron chi connectivity index (χ3n) is 3.55. The lowest BCUT2D eigenvalue weighted by molar-refractivity contribution is 0.724. The molecule has 0 spiro atoms. The Labute approximate surface area is 120 Å². The molecule has 1 heterocycles. The number of aryl methyl sites for hydroxylation is 1. The fourth-order valence-corrected chi connectivity index (χ4v) is 2.21. The Kier molecular flexibility index (Phi) is 4.56. The van der Waals surface area contributed by atoms with E-state index in [2.05, 4.69) is 40.8 Å². The molecule has 0 saturated heterocycles. The highest BCUT2D eigenvalue weighted by Gasteiger charge is 2.14. The minimum Gasteiger partial charge on any atom is -0.399 e. The van der Waals surface area contributed by atoms with Crippen molar-refractivity contribution in [2.75, 3.05) is 17.7 Å². The van der Waals surface area contributed by atoms with E-state index in [1.54, 1.807) is 6.33 Å². The number of hydrogen-bond donors (Lipinski definition) is 1. The maximum absolute atomic E-state index is 5.85. The SMILES string of the molecule is CCCc1cc(N(C)C(C)c2cccc(N)c2)ncn1. The smallest absolute Gasteiger partial charge is 0.132 e. The van der Waals surface area contributed by atoms with Crippen LogP contribution in [0.5, 0.6) is 0 Å². The summed E-state index contributed by atoms with van der Waals surface area (Å²) in [5, 5.41) is 0. The van der Waals surface area contributed by atoms with Gasteiger partial charge in [-0.05, 0) is 31.0 Å². The van der Waals surface area contributed by atoms with E-state index in [0.29, 0.717) is 0 Å². The molecule has 1 aromatic heterocycles. The minimum atomic E-state index is 0.211. The van der Waals surface area contributed by atoms with Crippen LogP contribution in [-0.4, -0.2) is 17.0 Å². The molecular formula is C16H22N4. The molecule has 0 aliphatic carbocycles. The Morgan fingerprint density at radius 1 is 1.25 bits per heavy atom. The second-order valence-corrected chi connectivity index (χ2v) is 5.07. The zero-order valence-corrected chi connectivity index (χ0v) is 12.4. The second-order valence-electron chi connectivity index (χ2n) is 5.07. The maximum Gasteiger partial charge on any atom is 0.132 e. The fourth-order valence-electron chi connectivity index (χ4n) is 2.21. The lowest BCUT2D eigenvalue weighted by Gasteiger charge is -2.26. The van der Waals surface area contributed by atoms with Crippen LogP contribution in [0.15, 0.2) is 36.7 Å².